The smallest absolute Gasteiger partial charge is 0.427 e. The van der Waals surface area contributed by atoms with Crippen LogP contribution in [-0.4, -0.2) is 21.0 Å². The molecule has 1 aromatic heterocycles. The third kappa shape index (κ3) is 2.07. The molecule has 20 heavy (non-hydrogen) atoms. The number of aryl methyl sites for hydroxylation is 2. The number of hydrogen-bond acceptors (Lipinski definition) is 5. The maximum absolute atomic E-state index is 10.9. The molecule has 1 aliphatic heterocycles. The number of fused-ring (bicyclic) bond motifs is 1. The molecule has 1 aliphatic rings. The first-order chi connectivity index (χ1) is 9.66. The molecule has 7 nitrogen and oxygen atoms in total. The number of nitrogens with zero attached hydrogens (tertiary/aromatic N) is 3. The topological polar surface area (TPSA) is 82.2 Å². The standard InChI is InChI=1S/C13H14N4O3/c1-16-8-15-12(17(18)19)13(16)20-10-6-2-4-9-5-3-7-14-11(9)10/h2,4,6,8,14H,3,5,7H2,1H3. The summed E-state index contributed by atoms with van der Waals surface area (Å²) in [6, 6.07) is 5.73. The van der Waals surface area contributed by atoms with Crippen LogP contribution in [0.15, 0.2) is 24.5 Å². The average Bonchev–Trinajstić information content (AvgIpc) is 2.81. The summed E-state index contributed by atoms with van der Waals surface area (Å²) < 4.78 is 7.24. The molecular weight excluding hydrogens is 260 g/mol. The largest absolute Gasteiger partial charge is 0.431 e. The van der Waals surface area contributed by atoms with Crippen molar-refractivity contribution < 1.29 is 9.66 Å². The maximum atomic E-state index is 10.9. The van der Waals surface area contributed by atoms with E-state index >= 15 is 0 Å². The predicted molar refractivity (Wildman–Crippen MR) is 73.2 cm³/mol. The molecule has 0 saturated carbocycles. The van der Waals surface area contributed by atoms with Crippen molar-refractivity contribution in [3.8, 4) is 11.6 Å². The molecule has 1 N–H and O–H groups in total. The predicted octanol–water partition coefficient (Wildman–Crippen LogP) is 2.48. The number of imidazole rings is 1. The molecule has 1 aromatic carbocycles. The van der Waals surface area contributed by atoms with Gasteiger partial charge in [0.15, 0.2) is 5.75 Å². The second kappa shape index (κ2) is 4.84. The Morgan fingerprint density at radius 2 is 2.35 bits per heavy atom. The number of rotatable bonds is 3. The van der Waals surface area contributed by atoms with Gasteiger partial charge in [-0.15, -0.1) is 0 Å². The first-order valence-electron chi connectivity index (χ1n) is 6.36. The molecule has 0 atom stereocenters. The van der Waals surface area contributed by atoms with Crippen LogP contribution in [0.2, 0.25) is 0 Å². The fraction of sp³-hybridized carbons (Fsp3) is 0.308. The van der Waals surface area contributed by atoms with Crippen molar-refractivity contribution in [2.45, 2.75) is 12.8 Å². The SMILES string of the molecule is Cn1cnc([N+](=O)[O-])c1Oc1cccc2c1NCCC2. The van der Waals surface area contributed by atoms with E-state index in [1.54, 1.807) is 13.1 Å². The van der Waals surface area contributed by atoms with E-state index in [1.807, 2.05) is 12.1 Å². The Morgan fingerprint density at radius 3 is 3.15 bits per heavy atom. The highest BCUT2D eigenvalue weighted by atomic mass is 16.6. The normalized spacial score (nSPS) is 13.4. The highest BCUT2D eigenvalue weighted by Crippen LogP contribution is 2.37. The molecule has 0 bridgehead atoms. The van der Waals surface area contributed by atoms with E-state index in [4.69, 9.17) is 4.74 Å². The van der Waals surface area contributed by atoms with Gasteiger partial charge in [-0.05, 0) is 34.4 Å². The van der Waals surface area contributed by atoms with Gasteiger partial charge in [0.05, 0.1) is 5.69 Å². The summed E-state index contributed by atoms with van der Waals surface area (Å²) in [4.78, 5) is 14.1. The van der Waals surface area contributed by atoms with E-state index in [0.717, 1.165) is 25.1 Å². The highest BCUT2D eigenvalue weighted by molar-refractivity contribution is 5.64. The van der Waals surface area contributed by atoms with Crippen molar-refractivity contribution in [1.29, 1.82) is 0 Å². The zero-order valence-electron chi connectivity index (χ0n) is 11.0. The Bertz CT molecular complexity index is 666. The highest BCUT2D eigenvalue weighted by Gasteiger charge is 2.24. The molecule has 0 unspecified atom stereocenters. The molecule has 2 aromatic rings. The summed E-state index contributed by atoms with van der Waals surface area (Å²) in [6.45, 7) is 0.876. The second-order valence-electron chi connectivity index (χ2n) is 4.66. The number of nitro groups is 1. The summed E-state index contributed by atoms with van der Waals surface area (Å²) >= 11 is 0. The first kappa shape index (κ1) is 12.5. The minimum atomic E-state index is -0.544. The van der Waals surface area contributed by atoms with Gasteiger partial charge in [0.1, 0.15) is 0 Å². The lowest BCUT2D eigenvalue weighted by Gasteiger charge is -2.20. The van der Waals surface area contributed by atoms with Crippen LogP contribution in [0.4, 0.5) is 11.5 Å². The molecule has 7 heteroatoms. The van der Waals surface area contributed by atoms with Crippen molar-refractivity contribution in [3.05, 3.63) is 40.2 Å². The van der Waals surface area contributed by atoms with E-state index in [1.165, 1.54) is 16.5 Å². The zero-order valence-corrected chi connectivity index (χ0v) is 11.0. The van der Waals surface area contributed by atoms with Gasteiger partial charge in [-0.2, -0.15) is 0 Å². The molecule has 0 amide bonds. The van der Waals surface area contributed by atoms with Crippen LogP contribution in [0.3, 0.4) is 0 Å². The molecule has 0 fully saturated rings. The molecule has 2 heterocycles. The Hall–Kier alpha value is -2.57. The number of ether oxygens (including phenoxy) is 1. The minimum absolute atomic E-state index is 0.135. The van der Waals surface area contributed by atoms with Crippen LogP contribution in [-0.2, 0) is 13.5 Å². The van der Waals surface area contributed by atoms with Crippen LogP contribution in [0.1, 0.15) is 12.0 Å². The molecule has 104 valence electrons. The molecule has 0 saturated heterocycles. The van der Waals surface area contributed by atoms with Crippen molar-refractivity contribution in [2.24, 2.45) is 7.05 Å². The van der Waals surface area contributed by atoms with Gasteiger partial charge in [-0.3, -0.25) is 4.57 Å². The average molecular weight is 274 g/mol. The number of hydrogen-bond donors (Lipinski definition) is 1. The maximum Gasteiger partial charge on any atom is 0.427 e. The van der Waals surface area contributed by atoms with E-state index in [9.17, 15) is 10.1 Å². The van der Waals surface area contributed by atoms with E-state index in [0.29, 0.717) is 5.75 Å². The van der Waals surface area contributed by atoms with Gasteiger partial charge in [0.25, 0.3) is 0 Å². The van der Waals surface area contributed by atoms with Crippen LogP contribution in [0.5, 0.6) is 11.6 Å². The fourth-order valence-corrected chi connectivity index (χ4v) is 2.32. The summed E-state index contributed by atoms with van der Waals surface area (Å²) in [5.41, 5.74) is 2.08. The molecule has 0 radical (unpaired) electrons. The van der Waals surface area contributed by atoms with Gasteiger partial charge in [-0.25, -0.2) is 0 Å². The molecule has 0 aliphatic carbocycles. The Balaban J connectivity index is 2.00. The van der Waals surface area contributed by atoms with Crippen LogP contribution < -0.4 is 10.1 Å². The van der Waals surface area contributed by atoms with Crippen molar-refractivity contribution in [2.75, 3.05) is 11.9 Å². The minimum Gasteiger partial charge on any atom is -0.431 e. The Labute approximate surface area is 115 Å². The van der Waals surface area contributed by atoms with Crippen molar-refractivity contribution in [3.63, 3.8) is 0 Å². The fourth-order valence-electron chi connectivity index (χ4n) is 2.32. The van der Waals surface area contributed by atoms with Crippen molar-refractivity contribution >= 4 is 11.5 Å². The molecule has 3 rings (SSSR count). The van der Waals surface area contributed by atoms with Gasteiger partial charge in [-0.1, -0.05) is 12.1 Å². The van der Waals surface area contributed by atoms with Crippen LogP contribution in [0, 0.1) is 10.1 Å². The number of benzene rings is 1. The van der Waals surface area contributed by atoms with Gasteiger partial charge < -0.3 is 20.2 Å². The summed E-state index contributed by atoms with van der Waals surface area (Å²) in [5.74, 6) is 0.450. The Morgan fingerprint density at radius 1 is 1.50 bits per heavy atom. The third-order valence-corrected chi connectivity index (χ3v) is 3.28. The molecular formula is C13H14N4O3. The monoisotopic (exact) mass is 274 g/mol. The zero-order chi connectivity index (χ0) is 14.1. The van der Waals surface area contributed by atoms with E-state index in [2.05, 4.69) is 10.3 Å². The number of aromatic nitrogens is 2. The Kier molecular flexibility index (Phi) is 3.02. The van der Waals surface area contributed by atoms with Crippen molar-refractivity contribution in [1.82, 2.24) is 9.55 Å². The second-order valence-corrected chi connectivity index (χ2v) is 4.66. The number of nitrogens with one attached hydrogen (secondary N) is 1. The molecule has 0 spiro atoms. The van der Waals surface area contributed by atoms with E-state index < -0.39 is 4.92 Å². The van der Waals surface area contributed by atoms with E-state index in [-0.39, 0.29) is 11.7 Å². The van der Waals surface area contributed by atoms with Gasteiger partial charge in [0.2, 0.25) is 6.33 Å². The summed E-state index contributed by atoms with van der Waals surface area (Å²) in [6.07, 6.45) is 3.42. The number of para-hydroxylation sites is 1. The summed E-state index contributed by atoms with van der Waals surface area (Å²) in [5, 5.41) is 14.2. The van der Waals surface area contributed by atoms with Gasteiger partial charge >= 0.3 is 11.7 Å². The van der Waals surface area contributed by atoms with Crippen LogP contribution in [0.25, 0.3) is 0 Å². The lowest BCUT2D eigenvalue weighted by atomic mass is 10.0. The first-order valence-corrected chi connectivity index (χ1v) is 6.36. The lowest BCUT2D eigenvalue weighted by molar-refractivity contribution is -0.390. The van der Waals surface area contributed by atoms with Gasteiger partial charge in [0, 0.05) is 13.6 Å². The third-order valence-electron chi connectivity index (χ3n) is 3.28. The lowest BCUT2D eigenvalue weighted by Crippen LogP contribution is -2.12. The van der Waals surface area contributed by atoms with Crippen LogP contribution >= 0.6 is 0 Å². The number of anilines is 1. The quantitative estimate of drug-likeness (QED) is 0.686. The summed E-state index contributed by atoms with van der Waals surface area (Å²) in [7, 11) is 1.66.